The molecule has 1 saturated heterocycles. The second-order valence-corrected chi connectivity index (χ2v) is 8.37. The van der Waals surface area contributed by atoms with Crippen molar-refractivity contribution in [1.82, 2.24) is 14.9 Å². The van der Waals surface area contributed by atoms with Crippen molar-refractivity contribution in [3.63, 3.8) is 0 Å². The van der Waals surface area contributed by atoms with Crippen LogP contribution in [0.4, 0.5) is 5.69 Å². The van der Waals surface area contributed by atoms with Crippen LogP contribution in [0.5, 0.6) is 5.75 Å². The molecule has 0 radical (unpaired) electrons. The molecule has 0 spiro atoms. The molecule has 1 aliphatic rings. The largest absolute Gasteiger partial charge is 0.508 e. The first kappa shape index (κ1) is 21.1. The zero-order valence-corrected chi connectivity index (χ0v) is 18.4. The summed E-state index contributed by atoms with van der Waals surface area (Å²) in [7, 11) is 0. The van der Waals surface area contributed by atoms with E-state index in [-0.39, 0.29) is 11.4 Å². The van der Waals surface area contributed by atoms with E-state index < -0.39 is 0 Å². The van der Waals surface area contributed by atoms with E-state index in [9.17, 15) is 9.90 Å². The Kier molecular flexibility index (Phi) is 6.09. The average Bonchev–Trinajstić information content (AvgIpc) is 2.76. The van der Waals surface area contributed by atoms with Gasteiger partial charge in [0, 0.05) is 35.9 Å². The fourth-order valence-electron chi connectivity index (χ4n) is 4.25. The maximum Gasteiger partial charge on any atom is 0.345 e. The van der Waals surface area contributed by atoms with Crippen molar-refractivity contribution < 1.29 is 5.11 Å². The number of phenols is 1. The first-order chi connectivity index (χ1) is 14.9. The van der Waals surface area contributed by atoms with Crippen molar-refractivity contribution in [3.8, 4) is 28.3 Å². The lowest BCUT2D eigenvalue weighted by Gasteiger charge is -2.32. The maximum absolute atomic E-state index is 12.3. The summed E-state index contributed by atoms with van der Waals surface area (Å²) in [4.78, 5) is 21.8. The Morgan fingerprint density at radius 2 is 1.87 bits per heavy atom. The zero-order valence-electron chi connectivity index (χ0n) is 18.4. The topological polar surface area (TPSA) is 81.2 Å². The summed E-state index contributed by atoms with van der Waals surface area (Å²) < 4.78 is 0. The highest BCUT2D eigenvalue weighted by Gasteiger charge is 2.18. The number of likely N-dealkylation sites (tertiary alicyclic amines) is 1. The van der Waals surface area contributed by atoms with Gasteiger partial charge in [0.15, 0.2) is 0 Å². The summed E-state index contributed by atoms with van der Waals surface area (Å²) in [6, 6.07) is 13.9. The van der Waals surface area contributed by atoms with Gasteiger partial charge in [-0.25, -0.2) is 4.79 Å². The molecular weight excluding hydrogens is 388 g/mol. The van der Waals surface area contributed by atoms with E-state index in [0.29, 0.717) is 11.7 Å². The molecule has 1 aromatic heterocycles. The number of H-pyrrole nitrogens is 1. The SMILES string of the molecule is CCN1CCC(Nc2ccc(-c3cc(-c4ccc(O)c(C)c4)nc(=O)[nH]3)c(C)c2)CC1. The van der Waals surface area contributed by atoms with E-state index in [2.05, 4.69) is 52.2 Å². The van der Waals surface area contributed by atoms with Gasteiger partial charge < -0.3 is 20.3 Å². The number of piperidine rings is 1. The Labute approximate surface area is 183 Å². The van der Waals surface area contributed by atoms with Crippen molar-refractivity contribution in [3.05, 3.63) is 64.1 Å². The summed E-state index contributed by atoms with van der Waals surface area (Å²) >= 11 is 0. The normalized spacial score (nSPS) is 15.2. The molecule has 6 nitrogen and oxygen atoms in total. The number of aromatic hydroxyl groups is 1. The lowest BCUT2D eigenvalue weighted by atomic mass is 10.0. The lowest BCUT2D eigenvalue weighted by molar-refractivity contribution is 0.229. The number of aromatic nitrogens is 2. The van der Waals surface area contributed by atoms with E-state index in [4.69, 9.17) is 0 Å². The van der Waals surface area contributed by atoms with E-state index in [1.165, 1.54) is 0 Å². The van der Waals surface area contributed by atoms with Crippen LogP contribution in [0.1, 0.15) is 30.9 Å². The molecule has 1 fully saturated rings. The third-order valence-corrected chi connectivity index (χ3v) is 6.16. The van der Waals surface area contributed by atoms with Gasteiger partial charge in [0.1, 0.15) is 5.75 Å². The summed E-state index contributed by atoms with van der Waals surface area (Å²) in [5.74, 6) is 0.230. The van der Waals surface area contributed by atoms with Crippen LogP contribution in [0.2, 0.25) is 0 Å². The van der Waals surface area contributed by atoms with Crippen LogP contribution in [0, 0.1) is 13.8 Å². The van der Waals surface area contributed by atoms with E-state index in [0.717, 1.165) is 66.1 Å². The van der Waals surface area contributed by atoms with Crippen LogP contribution in [0.25, 0.3) is 22.5 Å². The highest BCUT2D eigenvalue weighted by atomic mass is 16.3. The van der Waals surface area contributed by atoms with Crippen molar-refractivity contribution in [2.24, 2.45) is 0 Å². The Morgan fingerprint density at radius 3 is 2.55 bits per heavy atom. The van der Waals surface area contributed by atoms with Gasteiger partial charge in [-0.1, -0.05) is 13.0 Å². The van der Waals surface area contributed by atoms with Crippen molar-refractivity contribution >= 4 is 5.69 Å². The Hall–Kier alpha value is -3.12. The predicted molar refractivity (Wildman–Crippen MR) is 126 cm³/mol. The van der Waals surface area contributed by atoms with Gasteiger partial charge in [-0.05, 0) is 80.8 Å². The van der Waals surface area contributed by atoms with E-state index in [1.54, 1.807) is 12.1 Å². The molecule has 3 N–H and O–H groups in total. The van der Waals surface area contributed by atoms with Gasteiger partial charge in [0.25, 0.3) is 0 Å². The number of rotatable bonds is 5. The standard InChI is InChI=1S/C25H30N4O2/c1-4-29-11-9-19(10-12-29)26-20-6-7-21(16(2)14-20)23-15-22(27-25(31)28-23)18-5-8-24(30)17(3)13-18/h5-8,13-15,19,26,30H,4,9-12H2,1-3H3,(H,27,28,31). The Morgan fingerprint density at radius 1 is 1.10 bits per heavy atom. The predicted octanol–water partition coefficient (Wildman–Crippen LogP) is 4.32. The number of hydrogen-bond donors (Lipinski definition) is 3. The third kappa shape index (κ3) is 4.80. The van der Waals surface area contributed by atoms with Crippen LogP contribution < -0.4 is 11.0 Å². The third-order valence-electron chi connectivity index (χ3n) is 6.16. The first-order valence-corrected chi connectivity index (χ1v) is 10.9. The van der Waals surface area contributed by atoms with Crippen molar-refractivity contribution in [2.75, 3.05) is 25.0 Å². The molecule has 31 heavy (non-hydrogen) atoms. The number of nitrogens with one attached hydrogen (secondary N) is 2. The zero-order chi connectivity index (χ0) is 22.0. The van der Waals surface area contributed by atoms with Gasteiger partial charge in [0.2, 0.25) is 0 Å². The average molecular weight is 419 g/mol. The summed E-state index contributed by atoms with van der Waals surface area (Å²) in [6.45, 7) is 9.51. The molecule has 3 aromatic rings. The molecule has 0 saturated carbocycles. The van der Waals surface area contributed by atoms with Gasteiger partial charge in [-0.15, -0.1) is 0 Å². The minimum Gasteiger partial charge on any atom is -0.508 e. The highest BCUT2D eigenvalue weighted by molar-refractivity contribution is 5.72. The number of aromatic amines is 1. The molecule has 2 heterocycles. The lowest BCUT2D eigenvalue weighted by Crippen LogP contribution is -2.38. The van der Waals surface area contributed by atoms with E-state index >= 15 is 0 Å². The maximum atomic E-state index is 12.3. The number of benzene rings is 2. The summed E-state index contributed by atoms with van der Waals surface area (Å²) in [5.41, 5.74) is 5.67. The van der Waals surface area contributed by atoms with Gasteiger partial charge in [-0.3, -0.25) is 0 Å². The van der Waals surface area contributed by atoms with Crippen molar-refractivity contribution in [2.45, 2.75) is 39.7 Å². The Balaban J connectivity index is 1.57. The molecule has 0 atom stereocenters. The molecule has 1 aliphatic heterocycles. The quantitative estimate of drug-likeness (QED) is 0.575. The summed E-state index contributed by atoms with van der Waals surface area (Å²) in [5, 5.41) is 13.5. The van der Waals surface area contributed by atoms with Gasteiger partial charge >= 0.3 is 5.69 Å². The van der Waals surface area contributed by atoms with Crippen LogP contribution in [0.3, 0.4) is 0 Å². The second kappa shape index (κ2) is 8.94. The molecule has 0 bridgehead atoms. The molecule has 162 valence electrons. The summed E-state index contributed by atoms with van der Waals surface area (Å²) in [6.07, 6.45) is 2.31. The second-order valence-electron chi connectivity index (χ2n) is 8.37. The molecule has 0 unspecified atom stereocenters. The van der Waals surface area contributed by atoms with Gasteiger partial charge in [0.05, 0.1) is 11.4 Å². The number of anilines is 1. The van der Waals surface area contributed by atoms with E-state index in [1.807, 2.05) is 19.1 Å². The van der Waals surface area contributed by atoms with Crippen molar-refractivity contribution in [1.29, 1.82) is 0 Å². The Bertz CT molecular complexity index is 1130. The van der Waals surface area contributed by atoms with Crippen LogP contribution in [-0.4, -0.2) is 45.7 Å². The highest BCUT2D eigenvalue weighted by Crippen LogP contribution is 2.29. The molecule has 0 aliphatic carbocycles. The molecule has 2 aromatic carbocycles. The first-order valence-electron chi connectivity index (χ1n) is 10.9. The minimum atomic E-state index is -0.387. The number of phenolic OH excluding ortho intramolecular Hbond substituents is 1. The number of nitrogens with zero attached hydrogens (tertiary/aromatic N) is 2. The fraction of sp³-hybridized carbons (Fsp3) is 0.360. The minimum absolute atomic E-state index is 0.230. The molecule has 6 heteroatoms. The van der Waals surface area contributed by atoms with Crippen LogP contribution in [0.15, 0.2) is 47.3 Å². The van der Waals surface area contributed by atoms with Crippen LogP contribution >= 0.6 is 0 Å². The number of hydrogen-bond acceptors (Lipinski definition) is 5. The smallest absolute Gasteiger partial charge is 0.345 e. The molecule has 0 amide bonds. The number of aryl methyl sites for hydroxylation is 2. The fourth-order valence-corrected chi connectivity index (χ4v) is 4.25. The molecular formula is C25H30N4O2. The van der Waals surface area contributed by atoms with Crippen LogP contribution in [-0.2, 0) is 0 Å². The monoisotopic (exact) mass is 418 g/mol. The molecule has 4 rings (SSSR count). The van der Waals surface area contributed by atoms with Gasteiger partial charge in [-0.2, -0.15) is 4.98 Å².